The number of hydrogen-bond donors (Lipinski definition) is 2. The second-order valence-electron chi connectivity index (χ2n) is 4.70. The third-order valence-electron chi connectivity index (χ3n) is 2.42. The maximum absolute atomic E-state index is 11.9. The van der Waals surface area contributed by atoms with Crippen LogP contribution in [0.5, 0.6) is 0 Å². The van der Waals surface area contributed by atoms with E-state index in [-0.39, 0.29) is 17.5 Å². The van der Waals surface area contributed by atoms with E-state index in [0.29, 0.717) is 10.9 Å². The van der Waals surface area contributed by atoms with E-state index < -0.39 is 10.0 Å². The standard InChI is InChI=1S/C12H19ClN2O2S/c1-9(2)6-11(14)8-15-18(16,17)12-5-3-4-10(13)7-12/h3-5,7,9,11,15H,6,8,14H2,1-2H3. The van der Waals surface area contributed by atoms with Crippen LogP contribution in [0.1, 0.15) is 20.3 Å². The lowest BCUT2D eigenvalue weighted by Crippen LogP contribution is -2.37. The first-order valence-corrected chi connectivity index (χ1v) is 7.68. The molecule has 1 unspecified atom stereocenters. The highest BCUT2D eigenvalue weighted by atomic mass is 35.5. The fourth-order valence-electron chi connectivity index (χ4n) is 1.62. The number of nitrogens with one attached hydrogen (secondary N) is 1. The van der Waals surface area contributed by atoms with Gasteiger partial charge in [-0.25, -0.2) is 13.1 Å². The van der Waals surface area contributed by atoms with Crippen LogP contribution in [-0.2, 0) is 10.0 Å². The van der Waals surface area contributed by atoms with E-state index in [1.54, 1.807) is 12.1 Å². The topological polar surface area (TPSA) is 72.2 Å². The normalized spacial score (nSPS) is 13.8. The molecule has 1 rings (SSSR count). The molecule has 0 aromatic heterocycles. The Labute approximate surface area is 114 Å². The Bertz CT molecular complexity index is 489. The van der Waals surface area contributed by atoms with Gasteiger partial charge in [0.2, 0.25) is 10.0 Å². The summed E-state index contributed by atoms with van der Waals surface area (Å²) in [5.41, 5.74) is 5.84. The first-order valence-electron chi connectivity index (χ1n) is 5.82. The lowest BCUT2D eigenvalue weighted by molar-refractivity contribution is 0.486. The van der Waals surface area contributed by atoms with E-state index in [0.717, 1.165) is 6.42 Å². The molecule has 1 atom stereocenters. The smallest absolute Gasteiger partial charge is 0.240 e. The van der Waals surface area contributed by atoms with Crippen molar-refractivity contribution in [2.45, 2.75) is 31.2 Å². The number of halogens is 1. The van der Waals surface area contributed by atoms with E-state index in [2.05, 4.69) is 4.72 Å². The Hall–Kier alpha value is -0.620. The zero-order chi connectivity index (χ0) is 13.8. The van der Waals surface area contributed by atoms with Gasteiger partial charge in [-0.15, -0.1) is 0 Å². The lowest BCUT2D eigenvalue weighted by Gasteiger charge is -2.15. The van der Waals surface area contributed by atoms with Gasteiger partial charge in [-0.3, -0.25) is 0 Å². The van der Waals surface area contributed by atoms with Gasteiger partial charge in [-0.2, -0.15) is 0 Å². The predicted molar refractivity (Wildman–Crippen MR) is 74.1 cm³/mol. The van der Waals surface area contributed by atoms with E-state index in [1.165, 1.54) is 12.1 Å². The van der Waals surface area contributed by atoms with E-state index in [1.807, 2.05) is 13.8 Å². The Morgan fingerprint density at radius 1 is 1.39 bits per heavy atom. The minimum atomic E-state index is -3.53. The quantitative estimate of drug-likeness (QED) is 0.841. The lowest BCUT2D eigenvalue weighted by atomic mass is 10.1. The molecule has 18 heavy (non-hydrogen) atoms. The molecule has 0 saturated heterocycles. The average molecular weight is 291 g/mol. The van der Waals surface area contributed by atoms with Crippen molar-refractivity contribution in [1.82, 2.24) is 4.72 Å². The van der Waals surface area contributed by atoms with Gasteiger partial charge < -0.3 is 5.73 Å². The number of rotatable bonds is 6. The summed E-state index contributed by atoms with van der Waals surface area (Å²) in [5, 5.41) is 0.393. The Balaban J connectivity index is 2.66. The summed E-state index contributed by atoms with van der Waals surface area (Å²) >= 11 is 5.77. The largest absolute Gasteiger partial charge is 0.327 e. The summed E-state index contributed by atoms with van der Waals surface area (Å²) in [4.78, 5) is 0.159. The molecule has 0 saturated carbocycles. The van der Waals surface area contributed by atoms with E-state index in [9.17, 15) is 8.42 Å². The van der Waals surface area contributed by atoms with Crippen LogP contribution in [0.15, 0.2) is 29.2 Å². The second kappa shape index (κ2) is 6.52. The molecule has 0 aliphatic rings. The zero-order valence-corrected chi connectivity index (χ0v) is 12.1. The van der Waals surface area contributed by atoms with Gasteiger partial charge in [0.15, 0.2) is 0 Å². The molecule has 102 valence electrons. The Morgan fingerprint density at radius 2 is 2.06 bits per heavy atom. The van der Waals surface area contributed by atoms with Crippen LogP contribution in [0, 0.1) is 5.92 Å². The molecule has 0 aliphatic heterocycles. The fourth-order valence-corrected chi connectivity index (χ4v) is 3.02. The molecule has 1 aromatic carbocycles. The summed E-state index contributed by atoms with van der Waals surface area (Å²) < 4.78 is 26.4. The molecule has 0 spiro atoms. The van der Waals surface area contributed by atoms with Crippen molar-refractivity contribution in [2.24, 2.45) is 11.7 Å². The first kappa shape index (κ1) is 15.4. The van der Waals surface area contributed by atoms with Crippen LogP contribution in [0.4, 0.5) is 0 Å². The summed E-state index contributed by atoms with van der Waals surface area (Å²) in [6.07, 6.45) is 0.776. The van der Waals surface area contributed by atoms with Gasteiger partial charge in [0.1, 0.15) is 0 Å². The Morgan fingerprint density at radius 3 is 2.61 bits per heavy atom. The number of benzene rings is 1. The monoisotopic (exact) mass is 290 g/mol. The third kappa shape index (κ3) is 4.94. The van der Waals surface area contributed by atoms with Crippen molar-refractivity contribution in [3.8, 4) is 0 Å². The van der Waals surface area contributed by atoms with Gasteiger partial charge >= 0.3 is 0 Å². The van der Waals surface area contributed by atoms with Crippen molar-refractivity contribution in [2.75, 3.05) is 6.54 Å². The summed E-state index contributed by atoms with van der Waals surface area (Å²) in [7, 11) is -3.53. The molecule has 1 aromatic rings. The Kier molecular flexibility index (Phi) is 5.59. The van der Waals surface area contributed by atoms with Crippen LogP contribution in [-0.4, -0.2) is 21.0 Å². The third-order valence-corrected chi connectivity index (χ3v) is 4.07. The molecular weight excluding hydrogens is 272 g/mol. The molecule has 0 heterocycles. The molecule has 0 radical (unpaired) electrons. The van der Waals surface area contributed by atoms with Gasteiger partial charge in [0.05, 0.1) is 4.90 Å². The van der Waals surface area contributed by atoms with E-state index in [4.69, 9.17) is 17.3 Å². The molecule has 0 amide bonds. The SMILES string of the molecule is CC(C)CC(N)CNS(=O)(=O)c1cccc(Cl)c1. The van der Waals surface area contributed by atoms with Gasteiger partial charge in [-0.05, 0) is 30.5 Å². The number of sulfonamides is 1. The summed E-state index contributed by atoms with van der Waals surface area (Å²) in [5.74, 6) is 0.440. The van der Waals surface area contributed by atoms with Crippen LogP contribution in [0.3, 0.4) is 0 Å². The highest BCUT2D eigenvalue weighted by molar-refractivity contribution is 7.89. The molecule has 0 fully saturated rings. The summed E-state index contributed by atoms with van der Waals surface area (Å²) in [6, 6.07) is 5.97. The van der Waals surface area contributed by atoms with Crippen LogP contribution in [0.25, 0.3) is 0 Å². The molecule has 4 nitrogen and oxygen atoms in total. The van der Waals surface area contributed by atoms with Gasteiger partial charge in [-0.1, -0.05) is 31.5 Å². The van der Waals surface area contributed by atoms with E-state index >= 15 is 0 Å². The first-order chi connectivity index (χ1) is 8.31. The van der Waals surface area contributed by atoms with Crippen LogP contribution >= 0.6 is 11.6 Å². The van der Waals surface area contributed by atoms with Gasteiger partial charge in [0.25, 0.3) is 0 Å². The maximum atomic E-state index is 11.9. The fraction of sp³-hybridized carbons (Fsp3) is 0.500. The van der Waals surface area contributed by atoms with Crippen molar-refractivity contribution in [3.63, 3.8) is 0 Å². The molecule has 0 aliphatic carbocycles. The van der Waals surface area contributed by atoms with Crippen LogP contribution in [0.2, 0.25) is 5.02 Å². The van der Waals surface area contributed by atoms with Crippen molar-refractivity contribution < 1.29 is 8.42 Å². The van der Waals surface area contributed by atoms with Gasteiger partial charge in [0, 0.05) is 17.6 Å². The number of hydrogen-bond acceptors (Lipinski definition) is 3. The minimum absolute atomic E-state index is 0.159. The molecule has 0 bridgehead atoms. The van der Waals surface area contributed by atoms with Crippen molar-refractivity contribution >= 4 is 21.6 Å². The van der Waals surface area contributed by atoms with Crippen molar-refractivity contribution in [1.29, 1.82) is 0 Å². The summed E-state index contributed by atoms with van der Waals surface area (Å²) in [6.45, 7) is 4.32. The van der Waals surface area contributed by atoms with Crippen molar-refractivity contribution in [3.05, 3.63) is 29.3 Å². The predicted octanol–water partition coefficient (Wildman–Crippen LogP) is 1.99. The van der Waals surface area contributed by atoms with Crippen LogP contribution < -0.4 is 10.5 Å². The highest BCUT2D eigenvalue weighted by Crippen LogP contribution is 2.15. The molecule has 3 N–H and O–H groups in total. The molecular formula is C12H19ClN2O2S. The minimum Gasteiger partial charge on any atom is -0.327 e. The average Bonchev–Trinajstić information content (AvgIpc) is 2.26. The molecule has 6 heteroatoms. The zero-order valence-electron chi connectivity index (χ0n) is 10.6. The highest BCUT2D eigenvalue weighted by Gasteiger charge is 2.15. The number of nitrogens with two attached hydrogens (primary N) is 1. The second-order valence-corrected chi connectivity index (χ2v) is 6.90. The maximum Gasteiger partial charge on any atom is 0.240 e.